The number of hydrogen-bond acceptors (Lipinski definition) is 4. The van der Waals surface area contributed by atoms with E-state index in [-0.39, 0.29) is 5.91 Å². The number of benzene rings is 1. The molecule has 1 aliphatic heterocycles. The van der Waals surface area contributed by atoms with E-state index in [1.165, 1.54) is 0 Å². The maximum absolute atomic E-state index is 12.6. The summed E-state index contributed by atoms with van der Waals surface area (Å²) >= 11 is 0. The van der Waals surface area contributed by atoms with Crippen molar-refractivity contribution in [1.82, 2.24) is 9.97 Å². The van der Waals surface area contributed by atoms with Crippen LogP contribution in [-0.2, 0) is 9.53 Å². The second-order valence-corrected chi connectivity index (χ2v) is 5.57. The number of hydrogen-bond donors (Lipinski definition) is 3. The van der Waals surface area contributed by atoms with Crippen molar-refractivity contribution in [3.8, 4) is 11.4 Å². The normalized spacial score (nSPS) is 17.1. The zero-order valence-electron chi connectivity index (χ0n) is 12.3. The first-order chi connectivity index (χ1) is 10.7. The van der Waals surface area contributed by atoms with E-state index in [9.17, 15) is 4.79 Å². The lowest BCUT2D eigenvalue weighted by Crippen LogP contribution is -2.46. The maximum Gasteiger partial charge on any atom is 0.232 e. The number of nitrogens with zero attached hydrogens (tertiary/aromatic N) is 1. The van der Waals surface area contributed by atoms with Crippen LogP contribution in [0.15, 0.2) is 36.7 Å². The first-order valence-corrected chi connectivity index (χ1v) is 7.43. The topological polar surface area (TPSA) is 93.0 Å². The van der Waals surface area contributed by atoms with Gasteiger partial charge in [0.1, 0.15) is 5.82 Å². The molecule has 1 amide bonds. The summed E-state index contributed by atoms with van der Waals surface area (Å²) in [5, 5.41) is 2.99. The van der Waals surface area contributed by atoms with Gasteiger partial charge in [-0.25, -0.2) is 4.98 Å². The summed E-state index contributed by atoms with van der Waals surface area (Å²) in [6.45, 7) is 1.49. The van der Waals surface area contributed by atoms with Crippen molar-refractivity contribution in [2.45, 2.75) is 12.8 Å². The number of carbonyl (C=O) groups is 1. The number of H-pyrrole nitrogens is 1. The Kier molecular flexibility index (Phi) is 4.22. The molecule has 2 heterocycles. The Bertz CT molecular complexity index is 633. The summed E-state index contributed by atoms with van der Waals surface area (Å²) in [7, 11) is 0. The van der Waals surface area contributed by atoms with E-state index in [0.29, 0.717) is 32.6 Å². The molecule has 0 aliphatic carbocycles. The van der Waals surface area contributed by atoms with Gasteiger partial charge >= 0.3 is 0 Å². The largest absolute Gasteiger partial charge is 0.381 e. The van der Waals surface area contributed by atoms with Crippen molar-refractivity contribution in [2.75, 3.05) is 25.1 Å². The fourth-order valence-electron chi connectivity index (χ4n) is 2.72. The van der Waals surface area contributed by atoms with Crippen molar-refractivity contribution >= 4 is 11.6 Å². The summed E-state index contributed by atoms with van der Waals surface area (Å²) in [6.07, 6.45) is 4.79. The van der Waals surface area contributed by atoms with Gasteiger partial charge in [-0.05, 0) is 25.0 Å². The number of nitrogens with one attached hydrogen (secondary N) is 2. The van der Waals surface area contributed by atoms with Crippen molar-refractivity contribution in [2.24, 2.45) is 11.1 Å². The molecule has 6 heteroatoms. The lowest BCUT2D eigenvalue weighted by Gasteiger charge is -2.34. The standard InChI is InChI=1S/C16H20N4O2/c17-11-16(4-8-22-9-5-16)15(21)20-13-3-1-2-12(10-13)14-18-6-7-19-14/h1-3,6-7,10H,4-5,8-9,11,17H2,(H,18,19)(H,20,21). The van der Waals surface area contributed by atoms with Crippen LogP contribution in [0.3, 0.4) is 0 Å². The van der Waals surface area contributed by atoms with Gasteiger partial charge in [-0.3, -0.25) is 4.79 Å². The molecular formula is C16H20N4O2. The number of carbonyl (C=O) groups excluding carboxylic acids is 1. The van der Waals surface area contributed by atoms with E-state index in [2.05, 4.69) is 15.3 Å². The van der Waals surface area contributed by atoms with Gasteiger partial charge in [0.2, 0.25) is 5.91 Å². The predicted molar refractivity (Wildman–Crippen MR) is 84.2 cm³/mol. The highest BCUT2D eigenvalue weighted by atomic mass is 16.5. The van der Waals surface area contributed by atoms with Crippen LogP contribution < -0.4 is 11.1 Å². The minimum Gasteiger partial charge on any atom is -0.381 e. The van der Waals surface area contributed by atoms with E-state index < -0.39 is 5.41 Å². The van der Waals surface area contributed by atoms with E-state index >= 15 is 0 Å². The molecule has 0 bridgehead atoms. The van der Waals surface area contributed by atoms with E-state index in [1.54, 1.807) is 12.4 Å². The molecule has 0 unspecified atom stereocenters. The molecule has 1 aromatic carbocycles. The number of nitrogens with two attached hydrogens (primary N) is 1. The lowest BCUT2D eigenvalue weighted by atomic mass is 9.79. The number of rotatable bonds is 4. The summed E-state index contributed by atoms with van der Waals surface area (Å²) in [5.41, 5.74) is 7.02. The number of aromatic nitrogens is 2. The molecule has 116 valence electrons. The van der Waals surface area contributed by atoms with Gasteiger partial charge in [-0.2, -0.15) is 0 Å². The number of imidazole rings is 1. The molecule has 0 radical (unpaired) electrons. The predicted octanol–water partition coefficient (Wildman–Crippen LogP) is 1.77. The second-order valence-electron chi connectivity index (χ2n) is 5.57. The van der Waals surface area contributed by atoms with Crippen molar-refractivity contribution in [3.63, 3.8) is 0 Å². The van der Waals surface area contributed by atoms with E-state index in [4.69, 9.17) is 10.5 Å². The van der Waals surface area contributed by atoms with Crippen LogP contribution >= 0.6 is 0 Å². The third-order valence-corrected chi connectivity index (χ3v) is 4.21. The van der Waals surface area contributed by atoms with Crippen LogP contribution in [-0.4, -0.2) is 35.6 Å². The fourth-order valence-corrected chi connectivity index (χ4v) is 2.72. The first kappa shape index (κ1) is 14.7. The van der Waals surface area contributed by atoms with Crippen LogP contribution in [0.1, 0.15) is 12.8 Å². The maximum atomic E-state index is 12.6. The Balaban J connectivity index is 1.78. The van der Waals surface area contributed by atoms with Crippen LogP contribution in [0.25, 0.3) is 11.4 Å². The average Bonchev–Trinajstić information content (AvgIpc) is 3.10. The van der Waals surface area contributed by atoms with Crippen LogP contribution in [0.2, 0.25) is 0 Å². The smallest absolute Gasteiger partial charge is 0.232 e. The highest BCUT2D eigenvalue weighted by Gasteiger charge is 2.38. The van der Waals surface area contributed by atoms with Crippen molar-refractivity contribution in [3.05, 3.63) is 36.7 Å². The monoisotopic (exact) mass is 300 g/mol. The van der Waals surface area contributed by atoms with Gasteiger partial charge in [0.05, 0.1) is 5.41 Å². The Hall–Kier alpha value is -2.18. The molecule has 3 rings (SSSR count). The molecule has 6 nitrogen and oxygen atoms in total. The minimum atomic E-state index is -0.529. The Morgan fingerprint density at radius 1 is 1.41 bits per heavy atom. The minimum absolute atomic E-state index is 0.0325. The van der Waals surface area contributed by atoms with Gasteiger partial charge < -0.3 is 20.8 Å². The number of amides is 1. The second kappa shape index (κ2) is 6.29. The van der Waals surface area contributed by atoms with Crippen molar-refractivity contribution in [1.29, 1.82) is 0 Å². The molecule has 0 saturated carbocycles. The Morgan fingerprint density at radius 3 is 2.91 bits per heavy atom. The molecule has 1 fully saturated rings. The molecule has 1 aromatic heterocycles. The highest BCUT2D eigenvalue weighted by molar-refractivity contribution is 5.96. The third kappa shape index (κ3) is 2.88. The molecule has 0 spiro atoms. The summed E-state index contributed by atoms with van der Waals surface area (Å²) < 4.78 is 5.35. The molecule has 4 N–H and O–H groups in total. The molecule has 1 saturated heterocycles. The Labute approximate surface area is 129 Å². The summed E-state index contributed by atoms with van der Waals surface area (Å²) in [4.78, 5) is 19.9. The van der Waals surface area contributed by atoms with Gasteiger partial charge in [0.25, 0.3) is 0 Å². The zero-order valence-corrected chi connectivity index (χ0v) is 12.3. The average molecular weight is 300 g/mol. The number of ether oxygens (including phenoxy) is 1. The summed E-state index contributed by atoms with van der Waals surface area (Å²) in [6, 6.07) is 7.61. The van der Waals surface area contributed by atoms with Crippen LogP contribution in [0.4, 0.5) is 5.69 Å². The van der Waals surface area contributed by atoms with Gasteiger partial charge in [0, 0.05) is 43.4 Å². The molecule has 1 aliphatic rings. The fraction of sp³-hybridized carbons (Fsp3) is 0.375. The number of anilines is 1. The highest BCUT2D eigenvalue weighted by Crippen LogP contribution is 2.31. The molecule has 2 aromatic rings. The molecule has 0 atom stereocenters. The Morgan fingerprint density at radius 2 is 2.23 bits per heavy atom. The summed E-state index contributed by atoms with van der Waals surface area (Å²) in [5.74, 6) is 0.741. The third-order valence-electron chi connectivity index (χ3n) is 4.21. The van der Waals surface area contributed by atoms with Gasteiger partial charge in [0.15, 0.2) is 0 Å². The molecular weight excluding hydrogens is 280 g/mol. The first-order valence-electron chi connectivity index (χ1n) is 7.43. The zero-order chi connectivity index (χ0) is 15.4. The SMILES string of the molecule is NCC1(C(=O)Nc2cccc(-c3ncc[nH]3)c2)CCOCC1. The van der Waals surface area contributed by atoms with Crippen LogP contribution in [0, 0.1) is 5.41 Å². The lowest BCUT2D eigenvalue weighted by molar-refractivity contribution is -0.130. The number of aromatic amines is 1. The van der Waals surface area contributed by atoms with Gasteiger partial charge in [-0.15, -0.1) is 0 Å². The quantitative estimate of drug-likeness (QED) is 0.802. The van der Waals surface area contributed by atoms with Crippen molar-refractivity contribution < 1.29 is 9.53 Å². The van der Waals surface area contributed by atoms with Crippen LogP contribution in [0.5, 0.6) is 0 Å². The van der Waals surface area contributed by atoms with E-state index in [0.717, 1.165) is 17.1 Å². The van der Waals surface area contributed by atoms with E-state index in [1.807, 2.05) is 24.3 Å². The molecule has 22 heavy (non-hydrogen) atoms. The van der Waals surface area contributed by atoms with Gasteiger partial charge in [-0.1, -0.05) is 12.1 Å².